The molecule has 74 heavy (non-hydrogen) atoms. The van der Waals surface area contributed by atoms with Crippen LogP contribution in [0.5, 0.6) is 0 Å². The van der Waals surface area contributed by atoms with Gasteiger partial charge in [0, 0.05) is 19.3 Å². The van der Waals surface area contributed by atoms with Gasteiger partial charge in [-0.15, -0.1) is 0 Å². The van der Waals surface area contributed by atoms with Crippen LogP contribution in [0.15, 0.2) is 60.8 Å². The fourth-order valence-electron chi connectivity index (χ4n) is 9.47. The quantitative estimate of drug-likeness (QED) is 0.0261. The van der Waals surface area contributed by atoms with Gasteiger partial charge in [0.25, 0.3) is 0 Å². The molecule has 0 heterocycles. The maximum atomic E-state index is 12.9. The molecule has 1 unspecified atom stereocenters. The van der Waals surface area contributed by atoms with E-state index in [0.717, 1.165) is 96.3 Å². The van der Waals surface area contributed by atoms with Crippen molar-refractivity contribution in [3.8, 4) is 0 Å². The maximum Gasteiger partial charge on any atom is 0.306 e. The van der Waals surface area contributed by atoms with Crippen molar-refractivity contribution in [2.24, 2.45) is 0 Å². The molecule has 430 valence electrons. The Bertz CT molecular complexity index is 1330. The maximum absolute atomic E-state index is 12.9. The third kappa shape index (κ3) is 60.0. The van der Waals surface area contributed by atoms with Gasteiger partial charge in [0.15, 0.2) is 6.10 Å². The number of carbonyl (C=O) groups is 3. The largest absolute Gasteiger partial charge is 0.462 e. The van der Waals surface area contributed by atoms with E-state index in [1.54, 1.807) is 0 Å². The Morgan fingerprint density at radius 1 is 0.284 bits per heavy atom. The van der Waals surface area contributed by atoms with Gasteiger partial charge in [0.1, 0.15) is 13.2 Å². The molecule has 0 fully saturated rings. The summed E-state index contributed by atoms with van der Waals surface area (Å²) in [4.78, 5) is 38.2. The molecule has 1 atom stereocenters. The van der Waals surface area contributed by atoms with Crippen molar-refractivity contribution in [3.63, 3.8) is 0 Å². The average molecular weight is 1040 g/mol. The first-order chi connectivity index (χ1) is 36.5. The summed E-state index contributed by atoms with van der Waals surface area (Å²) in [6.07, 6.45) is 79.6. The molecule has 0 aliphatic carbocycles. The minimum Gasteiger partial charge on any atom is -0.462 e. The predicted molar refractivity (Wildman–Crippen MR) is 321 cm³/mol. The molecule has 0 aliphatic heterocycles. The molecule has 0 aromatic heterocycles. The van der Waals surface area contributed by atoms with Gasteiger partial charge in [0.05, 0.1) is 0 Å². The van der Waals surface area contributed by atoms with E-state index in [1.807, 2.05) is 0 Å². The number of unbranched alkanes of at least 4 members (excludes halogenated alkanes) is 38. The monoisotopic (exact) mass is 1030 g/mol. The summed E-state index contributed by atoms with van der Waals surface area (Å²) < 4.78 is 16.9. The summed E-state index contributed by atoms with van der Waals surface area (Å²) in [5, 5.41) is 0. The second-order valence-electron chi connectivity index (χ2n) is 21.7. The molecule has 0 rings (SSSR count). The summed E-state index contributed by atoms with van der Waals surface area (Å²) in [5.41, 5.74) is 0. The molecule has 0 saturated carbocycles. The van der Waals surface area contributed by atoms with Gasteiger partial charge in [0.2, 0.25) is 0 Å². The van der Waals surface area contributed by atoms with Crippen molar-refractivity contribution in [2.45, 2.75) is 341 Å². The van der Waals surface area contributed by atoms with E-state index in [0.29, 0.717) is 19.3 Å². The number of hydrogen-bond acceptors (Lipinski definition) is 6. The van der Waals surface area contributed by atoms with Crippen LogP contribution in [0.25, 0.3) is 0 Å². The average Bonchev–Trinajstić information content (AvgIpc) is 3.40. The highest BCUT2D eigenvalue weighted by atomic mass is 16.6. The number of hydrogen-bond donors (Lipinski definition) is 0. The summed E-state index contributed by atoms with van der Waals surface area (Å²) in [6, 6.07) is 0. The number of carbonyl (C=O) groups excluding carboxylic acids is 3. The Balaban J connectivity index is 4.24. The highest BCUT2D eigenvalue weighted by molar-refractivity contribution is 5.71. The third-order valence-corrected chi connectivity index (χ3v) is 14.3. The lowest BCUT2D eigenvalue weighted by atomic mass is 10.0. The summed E-state index contributed by atoms with van der Waals surface area (Å²) in [5.74, 6) is -0.899. The van der Waals surface area contributed by atoms with Crippen LogP contribution in [0, 0.1) is 0 Å². The Labute approximate surface area is 460 Å². The van der Waals surface area contributed by atoms with Gasteiger partial charge >= 0.3 is 17.9 Å². The zero-order valence-electron chi connectivity index (χ0n) is 49.4. The fourth-order valence-corrected chi connectivity index (χ4v) is 9.47. The van der Waals surface area contributed by atoms with Crippen molar-refractivity contribution in [1.82, 2.24) is 0 Å². The molecule has 0 spiro atoms. The molecule has 6 heteroatoms. The SMILES string of the molecule is CC/C=C\C/C=C\C/C=C\C/C=C\C/C=C\CCCCCC(=O)OC(COC(=O)CCCCCCCCCCCCC)COC(=O)CCCCCCCCCCCCCCCCCCCCCCCCCCCC. The molecule has 0 aromatic carbocycles. The van der Waals surface area contributed by atoms with E-state index in [9.17, 15) is 14.4 Å². The van der Waals surface area contributed by atoms with Crippen LogP contribution in [0.3, 0.4) is 0 Å². The first kappa shape index (κ1) is 71.1. The predicted octanol–water partition coefficient (Wildman–Crippen LogP) is 21.9. The first-order valence-electron chi connectivity index (χ1n) is 32.3. The number of esters is 3. The highest BCUT2D eigenvalue weighted by Gasteiger charge is 2.19. The highest BCUT2D eigenvalue weighted by Crippen LogP contribution is 2.18. The van der Waals surface area contributed by atoms with Crippen LogP contribution in [-0.4, -0.2) is 37.2 Å². The van der Waals surface area contributed by atoms with Crippen LogP contribution < -0.4 is 0 Å². The number of rotatable bonds is 59. The van der Waals surface area contributed by atoms with Gasteiger partial charge in [-0.1, -0.05) is 313 Å². The molecular formula is C68H122O6. The summed E-state index contributed by atoms with van der Waals surface area (Å²) >= 11 is 0. The lowest BCUT2D eigenvalue weighted by Gasteiger charge is -2.18. The van der Waals surface area contributed by atoms with E-state index >= 15 is 0 Å². The second-order valence-corrected chi connectivity index (χ2v) is 21.7. The summed E-state index contributed by atoms with van der Waals surface area (Å²) in [7, 11) is 0. The van der Waals surface area contributed by atoms with Crippen molar-refractivity contribution < 1.29 is 28.6 Å². The standard InChI is InChI=1S/C68H122O6/c1-4-7-10-13-16-19-22-24-26-28-30-31-32-33-34-35-36-38-39-41-43-46-49-52-55-58-61-67(70)73-64-65(63-72-66(69)60-57-54-51-48-45-21-18-15-12-9-6-3)74-68(71)62-59-56-53-50-47-44-42-40-37-29-27-25-23-20-17-14-11-8-5-2/h8,11,17,20,25,27,37,40,44,47,65H,4-7,9-10,12-16,18-19,21-24,26,28-36,38-39,41-43,45-46,48-64H2,1-3H3/b11-8-,20-17-,27-25-,40-37-,47-44-. The molecule has 6 nitrogen and oxygen atoms in total. The number of ether oxygens (including phenoxy) is 3. The molecule has 0 aromatic rings. The third-order valence-electron chi connectivity index (χ3n) is 14.3. The van der Waals surface area contributed by atoms with Crippen LogP contribution >= 0.6 is 0 Å². The minimum atomic E-state index is -0.789. The minimum absolute atomic E-state index is 0.0835. The zero-order valence-corrected chi connectivity index (χ0v) is 49.4. The molecule has 0 N–H and O–H groups in total. The van der Waals surface area contributed by atoms with E-state index in [-0.39, 0.29) is 31.1 Å². The van der Waals surface area contributed by atoms with Crippen molar-refractivity contribution in [1.29, 1.82) is 0 Å². The second kappa shape index (κ2) is 62.6. The van der Waals surface area contributed by atoms with Crippen molar-refractivity contribution >= 4 is 17.9 Å². The van der Waals surface area contributed by atoms with Crippen LogP contribution in [0.2, 0.25) is 0 Å². The molecule has 0 radical (unpaired) electrons. The smallest absolute Gasteiger partial charge is 0.306 e. The van der Waals surface area contributed by atoms with E-state index in [2.05, 4.69) is 81.5 Å². The number of allylic oxidation sites excluding steroid dienone is 10. The summed E-state index contributed by atoms with van der Waals surface area (Å²) in [6.45, 7) is 6.54. The van der Waals surface area contributed by atoms with Gasteiger partial charge in [-0.3, -0.25) is 14.4 Å². The van der Waals surface area contributed by atoms with Crippen LogP contribution in [0.1, 0.15) is 335 Å². The van der Waals surface area contributed by atoms with Crippen LogP contribution in [-0.2, 0) is 28.6 Å². The lowest BCUT2D eigenvalue weighted by Crippen LogP contribution is -2.30. The lowest BCUT2D eigenvalue weighted by molar-refractivity contribution is -0.167. The molecular weight excluding hydrogens is 913 g/mol. The van der Waals surface area contributed by atoms with E-state index < -0.39 is 6.10 Å². The van der Waals surface area contributed by atoms with Crippen molar-refractivity contribution in [3.05, 3.63) is 60.8 Å². The molecule has 0 saturated heterocycles. The Morgan fingerprint density at radius 2 is 0.527 bits per heavy atom. The van der Waals surface area contributed by atoms with Crippen molar-refractivity contribution in [2.75, 3.05) is 13.2 Å². The Morgan fingerprint density at radius 3 is 0.824 bits per heavy atom. The van der Waals surface area contributed by atoms with Gasteiger partial charge < -0.3 is 14.2 Å². The topological polar surface area (TPSA) is 78.9 Å². The van der Waals surface area contributed by atoms with Gasteiger partial charge in [-0.2, -0.15) is 0 Å². The molecule has 0 aliphatic rings. The fraction of sp³-hybridized carbons (Fsp3) is 0.809. The zero-order chi connectivity index (χ0) is 53.6. The van der Waals surface area contributed by atoms with Crippen LogP contribution in [0.4, 0.5) is 0 Å². The first-order valence-corrected chi connectivity index (χ1v) is 32.3. The van der Waals surface area contributed by atoms with E-state index in [4.69, 9.17) is 14.2 Å². The molecule has 0 amide bonds. The Kier molecular flexibility index (Phi) is 60.2. The normalized spacial score (nSPS) is 12.4. The molecule has 0 bridgehead atoms. The van der Waals surface area contributed by atoms with Gasteiger partial charge in [-0.25, -0.2) is 0 Å². The Hall–Kier alpha value is -2.89. The van der Waals surface area contributed by atoms with E-state index in [1.165, 1.54) is 199 Å². The van der Waals surface area contributed by atoms with Gasteiger partial charge in [-0.05, 0) is 64.2 Å².